The predicted molar refractivity (Wildman–Crippen MR) is 261 cm³/mol. The molecule has 552 valence electrons. The van der Waals surface area contributed by atoms with Gasteiger partial charge in [-0.15, -0.1) is 0 Å². The van der Waals surface area contributed by atoms with Crippen LogP contribution in [0.5, 0.6) is 0 Å². The monoisotopic (exact) mass is 1730 g/mol. The minimum Gasteiger partial charge on any atom is -0.726 e. The maximum absolute atomic E-state index is 13.2. The van der Waals surface area contributed by atoms with Crippen LogP contribution in [0.25, 0.3) is 0 Å². The van der Waals surface area contributed by atoms with E-state index < -0.39 is 258 Å². The molecule has 49 nitrogen and oxygen atoms in total. The van der Waals surface area contributed by atoms with Gasteiger partial charge in [0.25, 0.3) is 0 Å². The van der Waals surface area contributed by atoms with E-state index in [1.165, 1.54) is 0 Å². The van der Waals surface area contributed by atoms with Gasteiger partial charge in [0.15, 0.2) is 43.7 Å². The second kappa shape index (κ2) is 51.1. The number of hydrogen-bond acceptors (Lipinski definition) is 49. The summed E-state index contributed by atoms with van der Waals surface area (Å²) in [5, 5.41) is 26.2. The molecule has 65 heteroatoms. The maximum Gasteiger partial charge on any atom is 1.00 e. The molecule has 5 aliphatic rings. The molecule has 0 aromatic rings. The van der Waals surface area contributed by atoms with E-state index in [4.69, 9.17) is 80.5 Å². The summed E-state index contributed by atoms with van der Waals surface area (Å²) in [6.07, 6.45) is -61.9. The summed E-state index contributed by atoms with van der Waals surface area (Å²) in [5.74, 6) is -4.89. The molecule has 25 atom stereocenters. The van der Waals surface area contributed by atoms with Gasteiger partial charge in [-0.1, -0.05) is 0 Å². The van der Waals surface area contributed by atoms with Gasteiger partial charge in [0.2, 0.25) is 72.8 Å². The fourth-order valence-electron chi connectivity index (χ4n) is 10.2. The van der Waals surface area contributed by atoms with E-state index in [0.29, 0.717) is 21.3 Å². The van der Waals surface area contributed by atoms with Crippen molar-refractivity contribution in [3.05, 3.63) is 0 Å². The quantitative estimate of drug-likeness (QED) is 0.0323. The van der Waals surface area contributed by atoms with E-state index >= 15 is 0 Å². The predicted octanol–water partition coefficient (Wildman–Crippen LogP) is -39.7. The molecule has 0 N–H and O–H groups in total. The van der Waals surface area contributed by atoms with E-state index in [9.17, 15) is 111 Å². The van der Waals surface area contributed by atoms with E-state index in [-0.39, 0.29) is 266 Å². The van der Waals surface area contributed by atoms with Crippen molar-refractivity contribution in [1.29, 1.82) is 0 Å². The summed E-state index contributed by atoms with van der Waals surface area (Å²) in [6.45, 7) is -4.69. The third-order valence-electron chi connectivity index (χ3n) is 13.6. The number of ether oxygens (including phenoxy) is 17. The molecule has 0 aromatic carbocycles. The molecule has 5 rings (SSSR count). The zero-order valence-electron chi connectivity index (χ0n) is 57.4. The van der Waals surface area contributed by atoms with Gasteiger partial charge in [-0.25, -0.2) is 58.9 Å². The van der Waals surface area contributed by atoms with Crippen LogP contribution in [-0.4, -0.2) is 333 Å². The summed E-state index contributed by atoms with van der Waals surface area (Å²) >= 11 is 0. The molecular formula is C38H55Na9O49S7. The Balaban J connectivity index is -0.00000356. The molecule has 5 fully saturated rings. The average molecular weight is 1730 g/mol. The number of rotatable bonds is 35. The second-order valence-electron chi connectivity index (χ2n) is 19.1. The SMILES string of the molecule is CO[C@@H]1O[C@H](COS(=O)(=O)[O-])[C@H](O[C@@H]2O[C@@H](C(=O)[O-])[C@@H](O[C@@H]3O[C@@H](COS(=O)(=O)[O-])[C@H](O[C@H]4O[C@@H](C(=O)[O-])[C@H](O[C@H]5O[C@H](COS(=O)(=O)[O-])[C@@H](OC)[C@@H](OC)[C@H]5OC)[C@@H](OC)[C@@H]4OC)[C@H](OS(=O)(=O)[O-])[C@H]3OS(=O)(=O)[O-])[C@@H](OC)[C@H]2OC)[C@@H](OS(=O)(=O)[O-])[C@H]1OS(=O)(=O)[O-].[Na+].[Na+].[Na+].[Na+].[Na+].[Na+].[Na+].[Na+].[Na+]. The Morgan fingerprint density at radius 3 is 0.718 bits per heavy atom. The maximum atomic E-state index is 13.2. The fourth-order valence-corrected chi connectivity index (χ4v) is 13.0. The normalized spacial score (nSPS) is 34.3. The fraction of sp³-hybridized carbons (Fsp3) is 0.947. The molecular weight excluding hydrogens is 1670 g/mol. The van der Waals surface area contributed by atoms with Gasteiger partial charge in [0, 0.05) is 56.9 Å². The summed E-state index contributed by atoms with van der Waals surface area (Å²) in [4.78, 5) is 26.2. The van der Waals surface area contributed by atoms with Crippen molar-refractivity contribution in [2.75, 3.05) is 76.7 Å². The first-order valence-electron chi connectivity index (χ1n) is 25.2. The van der Waals surface area contributed by atoms with Crippen LogP contribution in [0.2, 0.25) is 0 Å². The van der Waals surface area contributed by atoms with Crippen LogP contribution in [0.15, 0.2) is 0 Å². The number of carboxylic acid groups (broad SMARTS) is 2. The largest absolute Gasteiger partial charge is 1.00 e. The molecule has 0 radical (unpaired) electrons. The smallest absolute Gasteiger partial charge is 0.726 e. The number of carbonyl (C=O) groups is 2. The van der Waals surface area contributed by atoms with E-state index in [1.807, 2.05) is 0 Å². The van der Waals surface area contributed by atoms with Crippen LogP contribution in [0.1, 0.15) is 0 Å². The summed E-state index contributed by atoms with van der Waals surface area (Å²) in [7, 11) is -36.0. The van der Waals surface area contributed by atoms with Crippen LogP contribution in [0.3, 0.4) is 0 Å². The molecule has 0 bridgehead atoms. The first-order chi connectivity index (χ1) is 43.2. The van der Waals surface area contributed by atoms with Gasteiger partial charge in [0.1, 0.15) is 110 Å². The molecule has 0 unspecified atom stereocenters. The molecule has 0 saturated carbocycles. The minimum atomic E-state index is -6.52. The van der Waals surface area contributed by atoms with Crippen LogP contribution in [-0.2, 0) is 192 Å². The number of carboxylic acids is 2. The van der Waals surface area contributed by atoms with E-state index in [2.05, 4.69) is 29.3 Å². The van der Waals surface area contributed by atoms with Gasteiger partial charge in [-0.2, -0.15) is 0 Å². The van der Waals surface area contributed by atoms with Crippen molar-refractivity contribution in [2.45, 2.75) is 154 Å². The Kier molecular flexibility index (Phi) is 58.5. The Bertz CT molecular complexity index is 3380. The molecule has 0 aromatic heterocycles. The molecule has 103 heavy (non-hydrogen) atoms. The van der Waals surface area contributed by atoms with Gasteiger partial charge >= 0.3 is 266 Å². The van der Waals surface area contributed by atoms with Crippen molar-refractivity contribution < 1.29 is 486 Å². The Labute approximate surface area is 788 Å². The molecule has 5 saturated heterocycles. The molecule has 0 aliphatic carbocycles. The van der Waals surface area contributed by atoms with Crippen molar-refractivity contribution in [3.63, 3.8) is 0 Å². The Morgan fingerprint density at radius 1 is 0.262 bits per heavy atom. The van der Waals surface area contributed by atoms with Crippen LogP contribution >= 0.6 is 0 Å². The Hall–Kier alpha value is 6.35. The van der Waals surface area contributed by atoms with Crippen molar-refractivity contribution >= 4 is 84.7 Å². The number of aliphatic carboxylic acids is 2. The first kappa shape index (κ1) is 118. The molecule has 0 amide bonds. The van der Waals surface area contributed by atoms with Gasteiger partial charge < -0.3 is 132 Å². The minimum absolute atomic E-state index is 0. The van der Waals surface area contributed by atoms with Crippen LogP contribution < -0.4 is 276 Å². The molecule has 5 aliphatic heterocycles. The number of methoxy groups -OCH3 is 8. The third-order valence-corrected chi connectivity index (χ3v) is 16.7. The van der Waals surface area contributed by atoms with E-state index in [1.54, 1.807) is 0 Å². The average Bonchev–Trinajstić information content (AvgIpc) is 0.762. The zero-order valence-corrected chi connectivity index (χ0v) is 81.1. The Morgan fingerprint density at radius 2 is 0.476 bits per heavy atom. The third kappa shape index (κ3) is 36.1. The zero-order chi connectivity index (χ0) is 71.2. The topological polar surface area (TPSA) is 702 Å². The van der Waals surface area contributed by atoms with Gasteiger partial charge in [-0.3, -0.25) is 29.3 Å². The van der Waals surface area contributed by atoms with Crippen molar-refractivity contribution in [1.82, 2.24) is 0 Å². The van der Waals surface area contributed by atoms with Crippen LogP contribution in [0, 0.1) is 0 Å². The van der Waals surface area contributed by atoms with Gasteiger partial charge in [-0.05, 0) is 0 Å². The van der Waals surface area contributed by atoms with Crippen molar-refractivity contribution in [2.24, 2.45) is 0 Å². The van der Waals surface area contributed by atoms with Crippen molar-refractivity contribution in [3.8, 4) is 0 Å². The summed E-state index contributed by atoms with van der Waals surface area (Å²) in [5.41, 5.74) is 0. The standard InChI is InChI=1S/C38H64O49S7.9Na/c1-64-15-12(9-72-88(43,44)45)76-35(27(68-5)18(15)65-2)80-21-19(66-3)28(69-6)37(82-25(21)32(39)40)79-17-14(11-74-90(49,50)51)77-38(31(87-94(61,62)63)24(17)85-92(55,56)57)81-22-20(67-4)29(70-7)36(83-26(22)33(41)42)78-16-13(10-73-89(46,47)48)75-34(71-8)30(86-93(58,59)60)23(16)84-91(52,53)54;;;;;;;;;/h12-31,34-38H,9-11H2,1-8H3,(H,39,40)(H,41,42)(H,43,44,45)(H,46,47,48)(H,49,50,51)(H,52,53,54)(H,55,56,57)(H,58,59,60)(H,61,62,63);;;;;;;;;/q;9*+1/p-9/t12-,13-,14+,15-,16+,17+,18-,19-,20-,21-,22+,23-,24+,25-,26-,27-,28+,29-,30-,31-,34-,35-,36-,37+,38+;;;;;;;;;/m1........./s1. The van der Waals surface area contributed by atoms with Crippen LogP contribution in [0.4, 0.5) is 0 Å². The van der Waals surface area contributed by atoms with Gasteiger partial charge in [0.05, 0.1) is 31.8 Å². The molecule has 0 spiro atoms. The summed E-state index contributed by atoms with van der Waals surface area (Å²) < 4.78 is 377. The summed E-state index contributed by atoms with van der Waals surface area (Å²) in [6, 6.07) is 0. The second-order valence-corrected chi connectivity index (χ2v) is 26.3. The first-order valence-corrected chi connectivity index (χ1v) is 34.5. The number of hydrogen-bond donors (Lipinski definition) is 0. The van der Waals surface area contributed by atoms with E-state index in [0.717, 1.165) is 35.5 Å². The molecule has 5 heterocycles. The number of carbonyl (C=O) groups excluding carboxylic acids is 2.